The molecule has 0 aromatic heterocycles. The van der Waals surface area contributed by atoms with Gasteiger partial charge in [-0.2, -0.15) is 0 Å². The fraction of sp³-hybridized carbons (Fsp3) is 0.200. The molecule has 0 aliphatic heterocycles. The third-order valence-electron chi connectivity index (χ3n) is 3.11. The van der Waals surface area contributed by atoms with Crippen LogP contribution in [-0.2, 0) is 6.54 Å². The zero-order valence-electron chi connectivity index (χ0n) is 11.3. The maximum Gasteiger partial charge on any atom is 0.272 e. The molecule has 0 saturated carbocycles. The van der Waals surface area contributed by atoms with Gasteiger partial charge < -0.3 is 5.32 Å². The van der Waals surface area contributed by atoms with E-state index in [1.165, 1.54) is 12.1 Å². The highest BCUT2D eigenvalue weighted by atomic mass is 35.5. The second-order valence-corrected chi connectivity index (χ2v) is 5.17. The largest absolute Gasteiger partial charge is 0.306 e. The van der Waals surface area contributed by atoms with Crippen LogP contribution in [0, 0.1) is 15.9 Å². The zero-order valence-corrected chi connectivity index (χ0v) is 12.1. The van der Waals surface area contributed by atoms with Gasteiger partial charge >= 0.3 is 0 Å². The molecule has 0 bridgehead atoms. The predicted octanol–water partition coefficient (Wildman–Crippen LogP) is 4.24. The number of nitro benzene ring substituents is 1. The maximum atomic E-state index is 13.3. The van der Waals surface area contributed by atoms with Crippen LogP contribution in [0.15, 0.2) is 42.5 Å². The lowest BCUT2D eigenvalue weighted by molar-refractivity contribution is -0.385. The molecule has 4 nitrogen and oxygen atoms in total. The molecule has 0 heterocycles. The van der Waals surface area contributed by atoms with Crippen LogP contribution in [0.1, 0.15) is 24.1 Å². The van der Waals surface area contributed by atoms with Gasteiger partial charge in [0, 0.05) is 23.7 Å². The SMILES string of the molecule is CC(NCc1cc(F)cc([N+](=O)[O-])c1)c1cccc(Cl)c1. The number of nitrogens with one attached hydrogen (secondary N) is 1. The molecule has 2 rings (SSSR count). The molecule has 2 aromatic rings. The first-order valence-electron chi connectivity index (χ1n) is 6.38. The molecule has 0 aliphatic rings. The van der Waals surface area contributed by atoms with E-state index in [0.29, 0.717) is 17.1 Å². The van der Waals surface area contributed by atoms with Crippen LogP contribution >= 0.6 is 11.6 Å². The van der Waals surface area contributed by atoms with Gasteiger partial charge in [0.2, 0.25) is 0 Å². The van der Waals surface area contributed by atoms with Crippen molar-refractivity contribution in [3.8, 4) is 0 Å². The smallest absolute Gasteiger partial charge is 0.272 e. The fourth-order valence-corrected chi connectivity index (χ4v) is 2.20. The second kappa shape index (κ2) is 6.65. The number of non-ortho nitro benzene ring substituents is 1. The minimum atomic E-state index is -0.614. The first-order valence-corrected chi connectivity index (χ1v) is 6.76. The number of rotatable bonds is 5. The lowest BCUT2D eigenvalue weighted by Gasteiger charge is -2.14. The van der Waals surface area contributed by atoms with Crippen LogP contribution in [0.3, 0.4) is 0 Å². The van der Waals surface area contributed by atoms with Gasteiger partial charge in [-0.15, -0.1) is 0 Å². The van der Waals surface area contributed by atoms with Crippen molar-refractivity contribution in [2.24, 2.45) is 0 Å². The van der Waals surface area contributed by atoms with E-state index in [0.717, 1.165) is 11.6 Å². The van der Waals surface area contributed by atoms with E-state index in [-0.39, 0.29) is 11.7 Å². The average Bonchev–Trinajstić information content (AvgIpc) is 2.44. The Bertz CT molecular complexity index is 664. The molecular formula is C15H14ClFN2O2. The van der Waals surface area contributed by atoms with Crippen molar-refractivity contribution in [1.29, 1.82) is 0 Å². The Morgan fingerprint density at radius 3 is 2.76 bits per heavy atom. The van der Waals surface area contributed by atoms with Crippen molar-refractivity contribution < 1.29 is 9.31 Å². The summed E-state index contributed by atoms with van der Waals surface area (Å²) >= 11 is 5.93. The molecule has 0 saturated heterocycles. The Labute approximate surface area is 126 Å². The van der Waals surface area contributed by atoms with Crippen LogP contribution in [0.5, 0.6) is 0 Å². The summed E-state index contributed by atoms with van der Waals surface area (Å²) in [4.78, 5) is 10.1. The molecule has 110 valence electrons. The zero-order chi connectivity index (χ0) is 15.4. The van der Waals surface area contributed by atoms with E-state index < -0.39 is 10.7 Å². The van der Waals surface area contributed by atoms with Crippen molar-refractivity contribution >= 4 is 17.3 Å². The maximum absolute atomic E-state index is 13.3. The molecule has 0 spiro atoms. The standard InChI is InChI=1S/C15H14ClFN2O2/c1-10(12-3-2-4-13(16)7-12)18-9-11-5-14(17)8-15(6-11)19(20)21/h2-8,10,18H,9H2,1H3. The first-order chi connectivity index (χ1) is 9.95. The Morgan fingerprint density at radius 1 is 1.33 bits per heavy atom. The van der Waals surface area contributed by atoms with Gasteiger partial charge in [0.15, 0.2) is 0 Å². The predicted molar refractivity (Wildman–Crippen MR) is 79.8 cm³/mol. The Hall–Kier alpha value is -1.98. The third-order valence-corrected chi connectivity index (χ3v) is 3.35. The second-order valence-electron chi connectivity index (χ2n) is 4.73. The van der Waals surface area contributed by atoms with Gasteiger partial charge in [-0.1, -0.05) is 23.7 Å². The van der Waals surface area contributed by atoms with Crippen LogP contribution in [0.4, 0.5) is 10.1 Å². The molecule has 1 N–H and O–H groups in total. The highest BCUT2D eigenvalue weighted by Crippen LogP contribution is 2.19. The topological polar surface area (TPSA) is 55.2 Å². The van der Waals surface area contributed by atoms with Gasteiger partial charge in [-0.05, 0) is 36.2 Å². The molecular weight excluding hydrogens is 295 g/mol. The van der Waals surface area contributed by atoms with Gasteiger partial charge in [-0.3, -0.25) is 10.1 Å². The fourth-order valence-electron chi connectivity index (χ4n) is 2.01. The van der Waals surface area contributed by atoms with E-state index in [1.807, 2.05) is 25.1 Å². The van der Waals surface area contributed by atoms with Crippen molar-refractivity contribution in [1.82, 2.24) is 5.32 Å². The van der Waals surface area contributed by atoms with E-state index in [9.17, 15) is 14.5 Å². The summed E-state index contributed by atoms with van der Waals surface area (Å²) < 4.78 is 13.3. The summed E-state index contributed by atoms with van der Waals surface area (Å²) in [6.07, 6.45) is 0. The van der Waals surface area contributed by atoms with E-state index in [4.69, 9.17) is 11.6 Å². The summed E-state index contributed by atoms with van der Waals surface area (Å²) in [6.45, 7) is 2.27. The number of hydrogen-bond acceptors (Lipinski definition) is 3. The molecule has 0 fully saturated rings. The molecule has 6 heteroatoms. The van der Waals surface area contributed by atoms with Crippen molar-refractivity contribution in [2.75, 3.05) is 0 Å². The third kappa shape index (κ3) is 4.24. The highest BCUT2D eigenvalue weighted by molar-refractivity contribution is 6.30. The van der Waals surface area contributed by atoms with Crippen LogP contribution in [0.2, 0.25) is 5.02 Å². The van der Waals surface area contributed by atoms with Crippen LogP contribution in [0.25, 0.3) is 0 Å². The molecule has 1 atom stereocenters. The highest BCUT2D eigenvalue weighted by Gasteiger charge is 2.11. The van der Waals surface area contributed by atoms with Crippen molar-refractivity contribution in [3.63, 3.8) is 0 Å². The van der Waals surface area contributed by atoms with E-state index in [1.54, 1.807) is 6.07 Å². The summed E-state index contributed by atoms with van der Waals surface area (Å²) in [6, 6.07) is 10.9. The Kier molecular flexibility index (Phi) is 4.88. The number of hydrogen-bond donors (Lipinski definition) is 1. The lowest BCUT2D eigenvalue weighted by Crippen LogP contribution is -2.18. The van der Waals surface area contributed by atoms with Crippen molar-refractivity contribution in [2.45, 2.75) is 19.5 Å². The summed E-state index contributed by atoms with van der Waals surface area (Å²) in [5, 5.41) is 14.5. The van der Waals surface area contributed by atoms with Gasteiger partial charge in [-0.25, -0.2) is 4.39 Å². The average molecular weight is 309 g/mol. The summed E-state index contributed by atoms with van der Waals surface area (Å²) in [7, 11) is 0. The number of nitrogens with zero attached hydrogens (tertiary/aromatic N) is 1. The number of benzene rings is 2. The normalized spacial score (nSPS) is 12.1. The van der Waals surface area contributed by atoms with E-state index >= 15 is 0 Å². The monoisotopic (exact) mass is 308 g/mol. The molecule has 0 amide bonds. The molecule has 0 aliphatic carbocycles. The van der Waals surface area contributed by atoms with Crippen LogP contribution in [-0.4, -0.2) is 4.92 Å². The lowest BCUT2D eigenvalue weighted by atomic mass is 10.1. The van der Waals surface area contributed by atoms with Crippen LogP contribution < -0.4 is 5.32 Å². The summed E-state index contributed by atoms with van der Waals surface area (Å²) in [5.41, 5.74) is 1.27. The molecule has 2 aromatic carbocycles. The summed E-state index contributed by atoms with van der Waals surface area (Å²) in [5.74, 6) is -0.614. The number of halogens is 2. The minimum absolute atomic E-state index is 0.00831. The van der Waals surface area contributed by atoms with Crippen molar-refractivity contribution in [3.05, 3.63) is 74.5 Å². The Morgan fingerprint density at radius 2 is 2.10 bits per heavy atom. The molecule has 21 heavy (non-hydrogen) atoms. The first kappa shape index (κ1) is 15.4. The quantitative estimate of drug-likeness (QED) is 0.664. The Balaban J connectivity index is 2.07. The number of nitro groups is 1. The minimum Gasteiger partial charge on any atom is -0.306 e. The van der Waals surface area contributed by atoms with Gasteiger partial charge in [0.1, 0.15) is 5.82 Å². The van der Waals surface area contributed by atoms with E-state index in [2.05, 4.69) is 5.32 Å². The van der Waals surface area contributed by atoms with Gasteiger partial charge in [0.05, 0.1) is 11.0 Å². The van der Waals surface area contributed by atoms with Gasteiger partial charge in [0.25, 0.3) is 5.69 Å². The molecule has 1 unspecified atom stereocenters. The molecule has 0 radical (unpaired) electrons.